The molecule has 0 heterocycles. The van der Waals surface area contributed by atoms with Crippen LogP contribution in [0.5, 0.6) is 0 Å². The predicted molar refractivity (Wildman–Crippen MR) is 99.7 cm³/mol. The molecule has 2 N–H and O–H groups in total. The Balaban J connectivity index is 1.25. The molecule has 7 heteroatoms. The Morgan fingerprint density at radius 2 is 1.57 bits per heavy atom. The van der Waals surface area contributed by atoms with Gasteiger partial charge in [0.15, 0.2) is 6.61 Å². The fraction of sp³-hybridized carbons (Fsp3) is 0.524. The third kappa shape index (κ3) is 3.93. The van der Waals surface area contributed by atoms with E-state index < -0.39 is 24.5 Å². The van der Waals surface area contributed by atoms with Gasteiger partial charge in [0.05, 0.1) is 5.56 Å². The zero-order valence-corrected chi connectivity index (χ0v) is 15.6. The van der Waals surface area contributed by atoms with Gasteiger partial charge in [-0.15, -0.1) is 0 Å². The second-order valence-electron chi connectivity index (χ2n) is 8.52. The number of ether oxygens (including phenoxy) is 1. The summed E-state index contributed by atoms with van der Waals surface area (Å²) in [5.74, 6) is 0.714. The van der Waals surface area contributed by atoms with Crippen LogP contribution in [0.4, 0.5) is 4.79 Å². The smallest absolute Gasteiger partial charge is 0.338 e. The monoisotopic (exact) mass is 384 g/mol. The molecule has 4 aliphatic carbocycles. The predicted octanol–water partition coefficient (Wildman–Crippen LogP) is 2.45. The summed E-state index contributed by atoms with van der Waals surface area (Å²) in [6.07, 6.45) is 7.46. The van der Waals surface area contributed by atoms with Gasteiger partial charge < -0.3 is 10.1 Å². The maximum atomic E-state index is 12.3. The largest absolute Gasteiger partial charge is 0.452 e. The zero-order chi connectivity index (χ0) is 19.7. The number of rotatable bonds is 5. The number of hydrogen-bond acceptors (Lipinski definition) is 5. The van der Waals surface area contributed by atoms with E-state index in [-0.39, 0.29) is 11.1 Å². The van der Waals surface area contributed by atoms with E-state index >= 15 is 0 Å². The van der Waals surface area contributed by atoms with E-state index in [4.69, 9.17) is 4.74 Å². The number of amides is 3. The Morgan fingerprint density at radius 1 is 1.00 bits per heavy atom. The lowest BCUT2D eigenvalue weighted by atomic mass is 9.53. The Hall–Kier alpha value is -2.70. The maximum Gasteiger partial charge on any atom is 0.338 e. The molecule has 3 amide bonds. The molecule has 7 nitrogen and oxygen atoms in total. The molecule has 148 valence electrons. The number of carbonyl (C=O) groups excluding carboxylic acids is 4. The van der Waals surface area contributed by atoms with Crippen molar-refractivity contribution in [3.63, 3.8) is 0 Å². The van der Waals surface area contributed by atoms with Crippen LogP contribution in [0.2, 0.25) is 0 Å². The first-order valence-electron chi connectivity index (χ1n) is 9.79. The normalized spacial score (nSPS) is 29.8. The summed E-state index contributed by atoms with van der Waals surface area (Å²) in [5, 5.41) is 5.31. The van der Waals surface area contributed by atoms with Gasteiger partial charge in [0.2, 0.25) is 0 Å². The van der Waals surface area contributed by atoms with E-state index in [1.165, 1.54) is 43.5 Å². The van der Waals surface area contributed by atoms with Gasteiger partial charge in [-0.05, 0) is 68.4 Å². The van der Waals surface area contributed by atoms with Crippen LogP contribution in [0.25, 0.3) is 0 Å². The van der Waals surface area contributed by atoms with Crippen molar-refractivity contribution < 1.29 is 23.9 Å². The Labute approximate surface area is 163 Å². The van der Waals surface area contributed by atoms with Crippen molar-refractivity contribution in [2.24, 2.45) is 17.8 Å². The van der Waals surface area contributed by atoms with Gasteiger partial charge in [-0.3, -0.25) is 14.9 Å². The molecule has 1 aromatic rings. The van der Waals surface area contributed by atoms with E-state index in [1.807, 2.05) is 0 Å². The molecule has 0 atom stereocenters. The van der Waals surface area contributed by atoms with Crippen LogP contribution in [-0.2, 0) is 9.53 Å². The molecule has 0 spiro atoms. The van der Waals surface area contributed by atoms with Crippen LogP contribution < -0.4 is 10.6 Å². The highest BCUT2D eigenvalue weighted by Crippen LogP contribution is 2.55. The minimum absolute atomic E-state index is 0.184. The molecule has 4 saturated carbocycles. The number of nitrogens with one attached hydrogen (secondary N) is 2. The highest BCUT2D eigenvalue weighted by molar-refractivity contribution is 5.97. The molecule has 28 heavy (non-hydrogen) atoms. The lowest BCUT2D eigenvalue weighted by Gasteiger charge is -2.56. The maximum absolute atomic E-state index is 12.3. The van der Waals surface area contributed by atoms with Gasteiger partial charge >= 0.3 is 12.0 Å². The molecule has 0 radical (unpaired) electrons. The second-order valence-corrected chi connectivity index (χ2v) is 8.52. The summed E-state index contributed by atoms with van der Waals surface area (Å²) in [5.41, 5.74) is 0.489. The van der Waals surface area contributed by atoms with E-state index in [9.17, 15) is 19.2 Å². The van der Waals surface area contributed by atoms with E-state index in [0.717, 1.165) is 19.3 Å². The van der Waals surface area contributed by atoms with E-state index in [1.54, 1.807) is 0 Å². The first-order valence-corrected chi connectivity index (χ1v) is 9.79. The van der Waals surface area contributed by atoms with Gasteiger partial charge in [0, 0.05) is 11.1 Å². The van der Waals surface area contributed by atoms with Crippen molar-refractivity contribution in [3.05, 3.63) is 35.4 Å². The first-order chi connectivity index (χ1) is 13.4. The van der Waals surface area contributed by atoms with Crippen LogP contribution in [0, 0.1) is 17.8 Å². The highest BCUT2D eigenvalue weighted by Gasteiger charge is 2.51. The summed E-state index contributed by atoms with van der Waals surface area (Å²) in [4.78, 5) is 46.9. The Bertz CT molecular complexity index is 766. The van der Waals surface area contributed by atoms with Crippen LogP contribution in [0.3, 0.4) is 0 Å². The summed E-state index contributed by atoms with van der Waals surface area (Å²) in [6.45, 7) is -0.539. The van der Waals surface area contributed by atoms with Crippen molar-refractivity contribution in [2.45, 2.75) is 44.1 Å². The molecule has 5 rings (SSSR count). The third-order valence-electron chi connectivity index (χ3n) is 6.29. The van der Waals surface area contributed by atoms with Gasteiger partial charge in [0.25, 0.3) is 5.91 Å². The number of aldehydes is 1. The number of imide groups is 1. The van der Waals surface area contributed by atoms with Crippen LogP contribution >= 0.6 is 0 Å². The molecule has 4 aliphatic rings. The van der Waals surface area contributed by atoms with Gasteiger partial charge in [-0.1, -0.05) is 12.1 Å². The van der Waals surface area contributed by atoms with Gasteiger partial charge in [-0.25, -0.2) is 9.59 Å². The number of carbonyl (C=O) groups is 4. The average Bonchev–Trinajstić information content (AvgIpc) is 2.64. The highest BCUT2D eigenvalue weighted by atomic mass is 16.5. The number of hydrogen-bond donors (Lipinski definition) is 2. The fourth-order valence-electron chi connectivity index (χ4n) is 5.61. The molecule has 0 unspecified atom stereocenters. The molecule has 0 aromatic heterocycles. The van der Waals surface area contributed by atoms with E-state index in [2.05, 4.69) is 10.6 Å². The summed E-state index contributed by atoms with van der Waals surface area (Å²) in [6, 6.07) is 5.36. The average molecular weight is 384 g/mol. The molecule has 4 bridgehead atoms. The molecule has 0 aliphatic heterocycles. The fourth-order valence-corrected chi connectivity index (χ4v) is 5.61. The molecular weight excluding hydrogens is 360 g/mol. The molecule has 4 fully saturated rings. The second kappa shape index (κ2) is 7.37. The van der Waals surface area contributed by atoms with Crippen LogP contribution in [-0.4, -0.2) is 36.3 Å². The number of urea groups is 1. The van der Waals surface area contributed by atoms with Crippen molar-refractivity contribution in [3.8, 4) is 0 Å². The molecule has 0 saturated heterocycles. The minimum Gasteiger partial charge on any atom is -0.452 e. The first kappa shape index (κ1) is 18.7. The summed E-state index contributed by atoms with van der Waals surface area (Å²) < 4.78 is 4.94. The van der Waals surface area contributed by atoms with Crippen molar-refractivity contribution >= 4 is 24.2 Å². The Morgan fingerprint density at radius 3 is 2.11 bits per heavy atom. The lowest BCUT2D eigenvalue weighted by Crippen LogP contribution is -2.62. The Kier molecular flexibility index (Phi) is 4.91. The molecule has 1 aromatic carbocycles. The zero-order valence-electron chi connectivity index (χ0n) is 15.6. The standard InChI is InChI=1S/C21H24N2O5/c24-11-13-1-3-17(4-2-13)19(26)28-12-18(25)22-20(27)23-21-8-14-5-15(9-21)7-16(6-14)10-21/h1-4,11,14-16H,5-10,12H2,(H2,22,23,25,27). The van der Waals surface area contributed by atoms with Crippen LogP contribution in [0.15, 0.2) is 24.3 Å². The summed E-state index contributed by atoms with van der Waals surface area (Å²) >= 11 is 0. The number of esters is 1. The van der Waals surface area contributed by atoms with Crippen molar-refractivity contribution in [1.82, 2.24) is 10.6 Å². The topological polar surface area (TPSA) is 102 Å². The van der Waals surface area contributed by atoms with Gasteiger partial charge in [-0.2, -0.15) is 0 Å². The van der Waals surface area contributed by atoms with Gasteiger partial charge in [0.1, 0.15) is 6.29 Å². The van der Waals surface area contributed by atoms with E-state index in [0.29, 0.717) is 29.6 Å². The number of benzene rings is 1. The quantitative estimate of drug-likeness (QED) is 0.600. The lowest BCUT2D eigenvalue weighted by molar-refractivity contribution is -0.123. The SMILES string of the molecule is O=Cc1ccc(C(=O)OCC(=O)NC(=O)NC23CC4CC(CC(C4)C2)C3)cc1. The third-order valence-corrected chi connectivity index (χ3v) is 6.29. The summed E-state index contributed by atoms with van der Waals surface area (Å²) in [7, 11) is 0. The molecular formula is C21H24N2O5. The van der Waals surface area contributed by atoms with Crippen LogP contribution in [0.1, 0.15) is 59.2 Å². The van der Waals surface area contributed by atoms with Crippen molar-refractivity contribution in [1.29, 1.82) is 0 Å². The van der Waals surface area contributed by atoms with Crippen molar-refractivity contribution in [2.75, 3.05) is 6.61 Å². The minimum atomic E-state index is -0.686.